The van der Waals surface area contributed by atoms with E-state index in [2.05, 4.69) is 11.1 Å². The molecule has 3 rings (SSSR count). The van der Waals surface area contributed by atoms with E-state index >= 15 is 0 Å². The number of nitro groups is 1. The van der Waals surface area contributed by atoms with Crippen LogP contribution < -0.4 is 0 Å². The summed E-state index contributed by atoms with van der Waals surface area (Å²) in [4.78, 5) is 14.9. The lowest BCUT2D eigenvalue weighted by Gasteiger charge is -1.99. The Morgan fingerprint density at radius 2 is 2.04 bits per heavy atom. The van der Waals surface area contributed by atoms with Crippen LogP contribution in [0, 0.1) is 21.4 Å². The predicted molar refractivity (Wildman–Crippen MR) is 99.1 cm³/mol. The highest BCUT2D eigenvalue weighted by Crippen LogP contribution is 2.29. The lowest BCUT2D eigenvalue weighted by Crippen LogP contribution is -1.90. The quantitative estimate of drug-likeness (QED) is 0.349. The molecule has 0 atom stereocenters. The second-order valence-electron chi connectivity index (χ2n) is 5.04. The van der Waals surface area contributed by atoms with E-state index in [1.165, 1.54) is 23.5 Å². The zero-order valence-corrected chi connectivity index (χ0v) is 14.3. The average Bonchev–Trinajstić information content (AvgIpc) is 3.11. The van der Waals surface area contributed by atoms with Crippen LogP contribution in [0.4, 0.5) is 5.69 Å². The van der Waals surface area contributed by atoms with E-state index < -0.39 is 4.92 Å². The highest BCUT2D eigenvalue weighted by molar-refractivity contribution is 7.11. The molecule has 122 valence electrons. The number of benzene rings is 2. The molecule has 3 aromatic rings. The van der Waals surface area contributed by atoms with Crippen molar-refractivity contribution < 1.29 is 4.92 Å². The molecule has 0 aliphatic rings. The van der Waals surface area contributed by atoms with Gasteiger partial charge in [0.2, 0.25) is 0 Å². The number of hydrogen-bond donors (Lipinski definition) is 0. The Morgan fingerprint density at radius 3 is 2.72 bits per heavy atom. The molecule has 1 aromatic heterocycles. The van der Waals surface area contributed by atoms with Crippen LogP contribution in [-0.2, 0) is 0 Å². The smallest absolute Gasteiger partial charge is 0.258 e. The summed E-state index contributed by atoms with van der Waals surface area (Å²) in [6, 6.07) is 16.1. The molecule has 0 bridgehead atoms. The first kappa shape index (κ1) is 16.8. The van der Waals surface area contributed by atoms with E-state index in [0.29, 0.717) is 16.1 Å². The SMILES string of the molecule is N#C/C(=C\c1ccc(Cl)c([N+](=O)[O-])c1)c1nc(-c2ccccc2)cs1. The summed E-state index contributed by atoms with van der Waals surface area (Å²) < 4.78 is 0. The molecule has 2 aromatic carbocycles. The van der Waals surface area contributed by atoms with E-state index in [0.717, 1.165) is 11.3 Å². The molecule has 25 heavy (non-hydrogen) atoms. The largest absolute Gasteiger partial charge is 0.288 e. The van der Waals surface area contributed by atoms with Crippen molar-refractivity contribution in [2.45, 2.75) is 0 Å². The second-order valence-corrected chi connectivity index (χ2v) is 6.31. The molecule has 0 spiro atoms. The minimum absolute atomic E-state index is 0.0567. The van der Waals surface area contributed by atoms with Crippen molar-refractivity contribution in [1.82, 2.24) is 4.98 Å². The molecule has 0 saturated carbocycles. The summed E-state index contributed by atoms with van der Waals surface area (Å²) in [6.07, 6.45) is 1.57. The van der Waals surface area contributed by atoms with Crippen LogP contribution in [0.1, 0.15) is 10.6 Å². The van der Waals surface area contributed by atoms with Crippen molar-refractivity contribution >= 4 is 40.3 Å². The molecular weight excluding hydrogens is 358 g/mol. The molecule has 0 aliphatic heterocycles. The van der Waals surface area contributed by atoms with Crippen LogP contribution in [0.2, 0.25) is 5.02 Å². The van der Waals surface area contributed by atoms with Crippen molar-refractivity contribution in [3.8, 4) is 17.3 Å². The molecule has 0 amide bonds. The molecular formula is C18H10ClN3O2S. The van der Waals surface area contributed by atoms with Gasteiger partial charge in [-0.2, -0.15) is 5.26 Å². The number of rotatable bonds is 4. The third-order valence-electron chi connectivity index (χ3n) is 3.40. The van der Waals surface area contributed by atoms with Crippen LogP contribution in [0.25, 0.3) is 22.9 Å². The molecule has 0 fully saturated rings. The van der Waals surface area contributed by atoms with Crippen molar-refractivity contribution in [3.05, 3.63) is 79.6 Å². The maximum atomic E-state index is 11.0. The Balaban J connectivity index is 1.97. The number of hydrogen-bond acceptors (Lipinski definition) is 5. The van der Waals surface area contributed by atoms with E-state index in [4.69, 9.17) is 11.6 Å². The van der Waals surface area contributed by atoms with Gasteiger partial charge in [0.05, 0.1) is 16.2 Å². The average molecular weight is 368 g/mol. The maximum absolute atomic E-state index is 11.0. The number of nitriles is 1. The van der Waals surface area contributed by atoms with E-state index in [9.17, 15) is 15.4 Å². The Hall–Kier alpha value is -3.01. The zero-order valence-electron chi connectivity index (χ0n) is 12.7. The summed E-state index contributed by atoms with van der Waals surface area (Å²) in [7, 11) is 0. The highest BCUT2D eigenvalue weighted by Gasteiger charge is 2.14. The van der Waals surface area contributed by atoms with Gasteiger partial charge < -0.3 is 0 Å². The summed E-state index contributed by atoms with van der Waals surface area (Å²) in [5, 5.41) is 22.9. The zero-order chi connectivity index (χ0) is 17.8. The van der Waals surface area contributed by atoms with Crippen molar-refractivity contribution in [2.24, 2.45) is 0 Å². The molecule has 5 nitrogen and oxygen atoms in total. The van der Waals surface area contributed by atoms with Gasteiger partial charge >= 0.3 is 0 Å². The van der Waals surface area contributed by atoms with Crippen molar-refractivity contribution in [3.63, 3.8) is 0 Å². The summed E-state index contributed by atoms with van der Waals surface area (Å²) in [5.41, 5.74) is 2.40. The van der Waals surface area contributed by atoms with Gasteiger partial charge in [0.25, 0.3) is 5.69 Å². The van der Waals surface area contributed by atoms with Gasteiger partial charge in [0, 0.05) is 17.0 Å². The van der Waals surface area contributed by atoms with Crippen LogP contribution in [-0.4, -0.2) is 9.91 Å². The third-order valence-corrected chi connectivity index (χ3v) is 4.60. The summed E-state index contributed by atoms with van der Waals surface area (Å²) >= 11 is 7.16. The highest BCUT2D eigenvalue weighted by atomic mass is 35.5. The lowest BCUT2D eigenvalue weighted by atomic mass is 10.1. The van der Waals surface area contributed by atoms with Gasteiger partial charge in [-0.05, 0) is 17.7 Å². The topological polar surface area (TPSA) is 79.8 Å². The number of nitrogens with zero attached hydrogens (tertiary/aromatic N) is 3. The van der Waals surface area contributed by atoms with Gasteiger partial charge in [-0.25, -0.2) is 4.98 Å². The first-order chi connectivity index (χ1) is 12.1. The minimum Gasteiger partial charge on any atom is -0.258 e. The number of aromatic nitrogens is 1. The molecule has 0 radical (unpaired) electrons. The number of halogens is 1. The Labute approximate surface area is 152 Å². The van der Waals surface area contributed by atoms with Crippen LogP contribution in [0.5, 0.6) is 0 Å². The van der Waals surface area contributed by atoms with Crippen molar-refractivity contribution in [1.29, 1.82) is 5.26 Å². The van der Waals surface area contributed by atoms with Crippen molar-refractivity contribution in [2.75, 3.05) is 0 Å². The Morgan fingerprint density at radius 1 is 1.28 bits per heavy atom. The molecule has 0 unspecified atom stereocenters. The Kier molecular flexibility index (Phi) is 4.89. The fraction of sp³-hybridized carbons (Fsp3) is 0. The second kappa shape index (κ2) is 7.26. The normalized spacial score (nSPS) is 11.1. The summed E-state index contributed by atoms with van der Waals surface area (Å²) in [6.45, 7) is 0. The van der Waals surface area contributed by atoms with Gasteiger partial charge in [-0.15, -0.1) is 11.3 Å². The van der Waals surface area contributed by atoms with Gasteiger partial charge in [0.1, 0.15) is 16.1 Å². The van der Waals surface area contributed by atoms with E-state index in [1.54, 1.807) is 12.1 Å². The first-order valence-electron chi connectivity index (χ1n) is 7.15. The minimum atomic E-state index is -0.553. The third kappa shape index (κ3) is 3.74. The Bertz CT molecular complexity index is 1010. The molecule has 0 saturated heterocycles. The van der Waals surface area contributed by atoms with Crippen LogP contribution in [0.15, 0.2) is 53.9 Å². The summed E-state index contributed by atoms with van der Waals surface area (Å²) in [5.74, 6) is 0. The monoisotopic (exact) mass is 367 g/mol. The standard InChI is InChI=1S/C18H10ClN3O2S/c19-15-7-6-12(9-17(15)22(23)24)8-14(10-20)18-21-16(11-25-18)13-4-2-1-3-5-13/h1-9,11H/b14-8+. The van der Waals surface area contributed by atoms with E-state index in [-0.39, 0.29) is 10.7 Å². The fourth-order valence-electron chi connectivity index (χ4n) is 2.21. The molecule has 7 heteroatoms. The first-order valence-corrected chi connectivity index (χ1v) is 8.41. The van der Waals surface area contributed by atoms with Gasteiger partial charge in [-0.1, -0.05) is 48.0 Å². The molecule has 0 N–H and O–H groups in total. The number of allylic oxidation sites excluding steroid dienone is 1. The van der Waals surface area contributed by atoms with Crippen LogP contribution in [0.3, 0.4) is 0 Å². The van der Waals surface area contributed by atoms with E-state index in [1.807, 2.05) is 35.7 Å². The lowest BCUT2D eigenvalue weighted by molar-refractivity contribution is -0.384. The van der Waals surface area contributed by atoms with Gasteiger partial charge in [0.15, 0.2) is 0 Å². The number of thiazole rings is 1. The molecule has 1 heterocycles. The maximum Gasteiger partial charge on any atom is 0.288 e. The number of nitro benzene ring substituents is 1. The fourth-order valence-corrected chi connectivity index (χ4v) is 3.19. The van der Waals surface area contributed by atoms with Crippen LogP contribution >= 0.6 is 22.9 Å². The van der Waals surface area contributed by atoms with Gasteiger partial charge in [-0.3, -0.25) is 10.1 Å². The molecule has 0 aliphatic carbocycles. The predicted octanol–water partition coefficient (Wildman–Crippen LogP) is 5.44.